The van der Waals surface area contributed by atoms with Crippen molar-refractivity contribution in [1.29, 1.82) is 0 Å². The monoisotopic (exact) mass is 682 g/mol. The number of rotatable bonds is 11. The van der Waals surface area contributed by atoms with Gasteiger partial charge in [-0.3, -0.25) is 9.59 Å². The minimum atomic E-state index is -0.983. The average Bonchev–Trinajstić information content (AvgIpc) is 3.92. The maximum Gasteiger partial charge on any atom is 0.320 e. The fraction of sp³-hybridized carbons (Fsp3) is 0.361. The number of hydrogen-bond donors (Lipinski definition) is 7. The minimum absolute atomic E-state index is 0.0373. The summed E-state index contributed by atoms with van der Waals surface area (Å²) in [7, 11) is 0. The van der Waals surface area contributed by atoms with Crippen LogP contribution < -0.4 is 21.7 Å². The second-order valence-electron chi connectivity index (χ2n) is 12.6. The molecule has 0 aliphatic carbocycles. The number of thioether (sulfide) groups is 1. The highest BCUT2D eigenvalue weighted by Gasteiger charge is 2.42. The van der Waals surface area contributed by atoms with E-state index in [4.69, 9.17) is 10.8 Å². The quantitative estimate of drug-likeness (QED) is 0.0742. The van der Waals surface area contributed by atoms with Crippen molar-refractivity contribution in [3.8, 4) is 0 Å². The van der Waals surface area contributed by atoms with Crippen LogP contribution in [0.25, 0.3) is 46.4 Å². The topological polar surface area (TPSA) is 191 Å². The zero-order valence-corrected chi connectivity index (χ0v) is 28.0. The molecule has 49 heavy (non-hydrogen) atoms. The molecule has 2 fully saturated rings. The normalized spacial score (nSPS) is 19.4. The van der Waals surface area contributed by atoms with E-state index in [0.29, 0.717) is 31.1 Å². The van der Waals surface area contributed by atoms with Crippen LogP contribution in [0.3, 0.4) is 0 Å². The first kappa shape index (κ1) is 34.0. The van der Waals surface area contributed by atoms with Gasteiger partial charge in [-0.2, -0.15) is 11.8 Å². The largest absolute Gasteiger partial charge is 0.480 e. The van der Waals surface area contributed by atoms with Gasteiger partial charge in [0.2, 0.25) is 5.91 Å². The summed E-state index contributed by atoms with van der Waals surface area (Å²) in [6, 6.07) is 16.0. The molecule has 0 aromatic carbocycles. The van der Waals surface area contributed by atoms with Crippen LogP contribution in [-0.2, 0) is 9.59 Å². The Morgan fingerprint density at radius 1 is 0.837 bits per heavy atom. The van der Waals surface area contributed by atoms with Gasteiger partial charge in [-0.1, -0.05) is 6.42 Å². The van der Waals surface area contributed by atoms with Crippen LogP contribution in [0, 0.1) is 0 Å². The van der Waals surface area contributed by atoms with Crippen LogP contribution in [0.15, 0.2) is 48.5 Å². The number of nitrogens with one attached hydrogen (secondary N) is 5. The van der Waals surface area contributed by atoms with Gasteiger partial charge >= 0.3 is 12.0 Å². The molecule has 0 spiro atoms. The molecule has 4 atom stereocenters. The third-order valence-electron chi connectivity index (χ3n) is 8.70. The van der Waals surface area contributed by atoms with E-state index in [2.05, 4.69) is 66.2 Å². The van der Waals surface area contributed by atoms with Crippen LogP contribution in [0.4, 0.5) is 4.79 Å². The van der Waals surface area contributed by atoms with Gasteiger partial charge in [-0.25, -0.2) is 14.8 Å². The molecule has 0 saturated carbocycles. The molecule has 0 radical (unpaired) electrons. The molecular formula is C36H42N8O4S. The van der Waals surface area contributed by atoms with Crippen LogP contribution in [0.2, 0.25) is 0 Å². The molecule has 7 heterocycles. The van der Waals surface area contributed by atoms with Gasteiger partial charge in [0.15, 0.2) is 0 Å². The molecule has 4 aliphatic heterocycles. The summed E-state index contributed by atoms with van der Waals surface area (Å²) in [5.74, 6) is 0.0131. The molecule has 12 nitrogen and oxygen atoms in total. The van der Waals surface area contributed by atoms with Crippen molar-refractivity contribution in [2.75, 3.05) is 12.3 Å². The molecule has 7 rings (SSSR count). The second kappa shape index (κ2) is 16.0. The van der Waals surface area contributed by atoms with Crippen LogP contribution in [0.5, 0.6) is 0 Å². The molecule has 3 amide bonds. The number of carboxylic acid groups (broad SMARTS) is 1. The summed E-state index contributed by atoms with van der Waals surface area (Å²) in [6.45, 7) is 0.561. The van der Waals surface area contributed by atoms with Crippen molar-refractivity contribution < 1.29 is 19.5 Å². The first-order valence-electron chi connectivity index (χ1n) is 16.8. The highest BCUT2D eigenvalue weighted by Crippen LogP contribution is 2.33. The van der Waals surface area contributed by atoms with Crippen molar-refractivity contribution in [3.63, 3.8) is 0 Å². The van der Waals surface area contributed by atoms with Gasteiger partial charge < -0.3 is 36.8 Å². The summed E-state index contributed by atoms with van der Waals surface area (Å²) >= 11 is 1.89. The minimum Gasteiger partial charge on any atom is -0.480 e. The number of carbonyl (C=O) groups excluding carboxylic acids is 2. The second-order valence-corrected chi connectivity index (χ2v) is 13.8. The number of unbranched alkanes of at least 4 members (excludes halogenated alkanes) is 2. The predicted molar refractivity (Wildman–Crippen MR) is 195 cm³/mol. The third kappa shape index (κ3) is 9.61. The molecule has 13 heteroatoms. The molecule has 3 aromatic heterocycles. The number of fused-ring (bicyclic) bond motifs is 9. The number of aliphatic carboxylic acids is 1. The number of urea groups is 1. The van der Waals surface area contributed by atoms with Crippen LogP contribution >= 0.6 is 11.8 Å². The third-order valence-corrected chi connectivity index (χ3v) is 10.2. The molecule has 4 unspecified atom stereocenters. The van der Waals surface area contributed by atoms with Gasteiger partial charge in [0.1, 0.15) is 6.04 Å². The highest BCUT2D eigenvalue weighted by atomic mass is 32.2. The lowest BCUT2D eigenvalue weighted by Gasteiger charge is -2.16. The molecule has 256 valence electrons. The number of aromatic amines is 2. The molecular weight excluding hydrogens is 641 g/mol. The fourth-order valence-electron chi connectivity index (χ4n) is 6.15. The zero-order chi connectivity index (χ0) is 34.2. The fourth-order valence-corrected chi connectivity index (χ4v) is 7.69. The summed E-state index contributed by atoms with van der Waals surface area (Å²) in [5, 5.41) is 17.9. The smallest absolute Gasteiger partial charge is 0.320 e. The van der Waals surface area contributed by atoms with E-state index >= 15 is 0 Å². The maximum absolute atomic E-state index is 11.8. The number of carbonyl (C=O) groups is 3. The molecule has 8 bridgehead atoms. The summed E-state index contributed by atoms with van der Waals surface area (Å²) < 4.78 is 0. The lowest BCUT2D eigenvalue weighted by atomic mass is 10.0. The number of amides is 3. The van der Waals surface area contributed by atoms with Crippen molar-refractivity contribution >= 4 is 76.0 Å². The number of carboxylic acids is 1. The highest BCUT2D eigenvalue weighted by molar-refractivity contribution is 8.00. The van der Waals surface area contributed by atoms with Gasteiger partial charge in [0.05, 0.1) is 34.9 Å². The zero-order valence-electron chi connectivity index (χ0n) is 27.2. The van der Waals surface area contributed by atoms with Crippen LogP contribution in [0.1, 0.15) is 67.7 Å². The SMILES string of the molecule is C1=Cc2cc3ccc(cc4ccc(cc5nc(cc1n2)C=C5)[nH]4)[nH]3.NC(CCCCNC(=O)CCCCC1SCC2NC(=O)NC21)C(=O)O. The lowest BCUT2D eigenvalue weighted by molar-refractivity contribution is -0.138. The molecule has 4 aliphatic rings. The average molecular weight is 683 g/mol. The van der Waals surface area contributed by atoms with Crippen molar-refractivity contribution in [2.45, 2.75) is 68.3 Å². The Morgan fingerprint density at radius 3 is 2.04 bits per heavy atom. The number of nitrogens with zero attached hydrogens (tertiary/aromatic N) is 2. The number of aromatic nitrogens is 4. The Balaban J connectivity index is 0.000000170. The van der Waals surface area contributed by atoms with Crippen LogP contribution in [-0.4, -0.2) is 78.6 Å². The number of hydrogen-bond acceptors (Lipinski definition) is 7. The molecule has 2 saturated heterocycles. The van der Waals surface area contributed by atoms with Crippen molar-refractivity contribution in [2.24, 2.45) is 5.73 Å². The summed E-state index contributed by atoms with van der Waals surface area (Å²) in [6.07, 6.45) is 13.2. The maximum atomic E-state index is 11.8. The molecule has 8 N–H and O–H groups in total. The van der Waals surface area contributed by atoms with Gasteiger partial charge in [0.25, 0.3) is 0 Å². The van der Waals surface area contributed by atoms with E-state index in [1.54, 1.807) is 0 Å². The van der Waals surface area contributed by atoms with Crippen molar-refractivity contribution in [1.82, 2.24) is 35.9 Å². The van der Waals surface area contributed by atoms with Gasteiger partial charge in [0, 0.05) is 46.0 Å². The van der Waals surface area contributed by atoms with Gasteiger partial charge in [-0.05, 0) is 105 Å². The van der Waals surface area contributed by atoms with E-state index < -0.39 is 12.0 Å². The summed E-state index contributed by atoms with van der Waals surface area (Å²) in [5.41, 5.74) is 13.3. The van der Waals surface area contributed by atoms with E-state index in [0.717, 1.165) is 76.3 Å². The standard InChI is InChI=1S/C20H14N4.C16H28N4O4S/c1-2-14-10-16-5-6-18(23-16)12-20-8-7-19(24-20)11-17-4-3-15(22-17)9-13(1)21-14;17-10(15(22)23)5-3-4-8-18-13(21)7-2-1-6-12-14-11(9-25-12)19-16(24)20-14/h1-12,21-22H;10-12,14H,1-9,17H2,(H,18,21)(H,22,23)(H2,19,20,24). The lowest BCUT2D eigenvalue weighted by Crippen LogP contribution is -2.36. The van der Waals surface area contributed by atoms with Gasteiger partial charge in [-0.15, -0.1) is 0 Å². The van der Waals surface area contributed by atoms with Crippen molar-refractivity contribution in [3.05, 3.63) is 71.3 Å². The van der Waals surface area contributed by atoms with E-state index in [1.807, 2.05) is 54.3 Å². The molecule has 3 aromatic rings. The number of H-pyrrole nitrogens is 2. The first-order valence-corrected chi connectivity index (χ1v) is 17.8. The Labute approximate surface area is 288 Å². The Hall–Kier alpha value is -4.88. The van der Waals surface area contributed by atoms with E-state index in [9.17, 15) is 14.4 Å². The Kier molecular flexibility index (Phi) is 11.1. The van der Waals surface area contributed by atoms with E-state index in [1.165, 1.54) is 0 Å². The predicted octanol–water partition coefficient (Wildman–Crippen LogP) is 5.07. The number of nitrogens with two attached hydrogens (primary N) is 1. The van der Waals surface area contributed by atoms with E-state index in [-0.39, 0.29) is 24.0 Å². The first-order chi connectivity index (χ1) is 23.8. The Morgan fingerprint density at radius 2 is 1.43 bits per heavy atom. The summed E-state index contributed by atoms with van der Waals surface area (Å²) in [4.78, 5) is 49.7. The Bertz CT molecular complexity index is 1810.